The van der Waals surface area contributed by atoms with Gasteiger partial charge in [0.25, 0.3) is 5.69 Å². The molecule has 0 aliphatic carbocycles. The first-order valence-corrected chi connectivity index (χ1v) is 6.11. The number of aliphatic hydroxyl groups is 1. The number of hydrogen-bond acceptors (Lipinski definition) is 6. The fourth-order valence-corrected chi connectivity index (χ4v) is 1.89. The first kappa shape index (κ1) is 14.2. The van der Waals surface area contributed by atoms with Crippen molar-refractivity contribution in [3.63, 3.8) is 0 Å². The van der Waals surface area contributed by atoms with Crippen LogP contribution in [-0.4, -0.2) is 41.3 Å². The quantitative estimate of drug-likeness (QED) is 0.606. The number of nitro benzene ring substituents is 1. The summed E-state index contributed by atoms with van der Waals surface area (Å²) in [5.74, 6) is 0.418. The Morgan fingerprint density at radius 3 is 3.00 bits per heavy atom. The van der Waals surface area contributed by atoms with Crippen LogP contribution in [0.5, 0.6) is 5.75 Å². The number of rotatable bonds is 6. The lowest BCUT2D eigenvalue weighted by molar-refractivity contribution is -0.383. The molecule has 0 fully saturated rings. The third kappa shape index (κ3) is 3.01. The average Bonchev–Trinajstić information content (AvgIpc) is 2.44. The van der Waals surface area contributed by atoms with Gasteiger partial charge in [0, 0.05) is 18.8 Å². The fourth-order valence-electron chi connectivity index (χ4n) is 1.89. The summed E-state index contributed by atoms with van der Waals surface area (Å²) in [5, 5.41) is 23.8. The first-order valence-electron chi connectivity index (χ1n) is 6.11. The number of nitrogens with one attached hydrogen (secondary N) is 1. The Balaban J connectivity index is 2.31. The van der Waals surface area contributed by atoms with Gasteiger partial charge in [-0.25, -0.2) is 0 Å². The second kappa shape index (κ2) is 6.27. The normalized spacial score (nSPS) is 12.3. The predicted molar refractivity (Wildman–Crippen MR) is 73.8 cm³/mol. The molecule has 0 saturated heterocycles. The molecule has 7 nitrogen and oxygen atoms in total. The third-order valence-electron chi connectivity index (χ3n) is 2.78. The number of ether oxygens (including phenoxy) is 1. The van der Waals surface area contributed by atoms with E-state index in [1.165, 1.54) is 12.1 Å². The maximum atomic E-state index is 11.0. The number of aromatic nitrogens is 1. The molecule has 2 N–H and O–H groups in total. The highest BCUT2D eigenvalue weighted by Crippen LogP contribution is 2.31. The molecule has 0 bridgehead atoms. The molecule has 1 heterocycles. The second-order valence-corrected chi connectivity index (χ2v) is 4.26. The third-order valence-corrected chi connectivity index (χ3v) is 2.78. The number of likely N-dealkylation sites (N-methyl/N-ethyl adjacent to an activating group) is 1. The lowest BCUT2D eigenvalue weighted by Crippen LogP contribution is -2.29. The zero-order valence-corrected chi connectivity index (χ0v) is 10.9. The SMILES string of the molecule is CNCC(O)COc1ccc([N+](=O)[O-])c2cccnc12. The summed E-state index contributed by atoms with van der Waals surface area (Å²) in [4.78, 5) is 14.6. The summed E-state index contributed by atoms with van der Waals surface area (Å²) in [6.07, 6.45) is 0.886. The van der Waals surface area contributed by atoms with Gasteiger partial charge in [-0.05, 0) is 25.2 Å². The molecule has 0 aliphatic rings. The van der Waals surface area contributed by atoms with E-state index in [1.807, 2.05) is 0 Å². The van der Waals surface area contributed by atoms with Crippen molar-refractivity contribution in [3.8, 4) is 5.75 Å². The van der Waals surface area contributed by atoms with E-state index in [4.69, 9.17) is 4.74 Å². The highest BCUT2D eigenvalue weighted by molar-refractivity contribution is 5.92. The minimum atomic E-state index is -0.658. The van der Waals surface area contributed by atoms with Crippen molar-refractivity contribution in [2.75, 3.05) is 20.2 Å². The van der Waals surface area contributed by atoms with Crippen molar-refractivity contribution in [2.45, 2.75) is 6.10 Å². The lowest BCUT2D eigenvalue weighted by atomic mass is 10.1. The Bertz CT molecular complexity index is 618. The Kier molecular flexibility index (Phi) is 4.44. The topological polar surface area (TPSA) is 97.5 Å². The summed E-state index contributed by atoms with van der Waals surface area (Å²) < 4.78 is 5.49. The van der Waals surface area contributed by atoms with E-state index in [0.29, 0.717) is 23.2 Å². The standard InChI is InChI=1S/C13H15N3O4/c1-14-7-9(17)8-20-12-5-4-11(16(18)19)10-3-2-6-15-13(10)12/h2-6,9,14,17H,7-8H2,1H3. The van der Waals surface area contributed by atoms with Gasteiger partial charge in [0.05, 0.1) is 10.3 Å². The number of aliphatic hydroxyl groups excluding tert-OH is 1. The number of fused-ring (bicyclic) bond motifs is 1. The minimum absolute atomic E-state index is 0.0174. The van der Waals surface area contributed by atoms with Gasteiger partial charge < -0.3 is 15.2 Å². The Morgan fingerprint density at radius 2 is 2.30 bits per heavy atom. The number of pyridine rings is 1. The predicted octanol–water partition coefficient (Wildman–Crippen LogP) is 1.10. The second-order valence-electron chi connectivity index (χ2n) is 4.26. The number of nitro groups is 1. The summed E-state index contributed by atoms with van der Waals surface area (Å²) in [7, 11) is 1.73. The molecule has 2 aromatic rings. The van der Waals surface area contributed by atoms with E-state index in [1.54, 1.807) is 25.4 Å². The number of nitrogens with zero attached hydrogens (tertiary/aromatic N) is 2. The van der Waals surface area contributed by atoms with Crippen LogP contribution in [-0.2, 0) is 0 Å². The van der Waals surface area contributed by atoms with E-state index >= 15 is 0 Å². The van der Waals surface area contributed by atoms with Gasteiger partial charge >= 0.3 is 0 Å². The summed E-state index contributed by atoms with van der Waals surface area (Å²) in [6, 6.07) is 6.13. The van der Waals surface area contributed by atoms with Gasteiger partial charge in [-0.1, -0.05) is 0 Å². The minimum Gasteiger partial charge on any atom is -0.489 e. The monoisotopic (exact) mass is 277 g/mol. The molecule has 1 aromatic heterocycles. The molecule has 1 atom stereocenters. The Hall–Kier alpha value is -2.25. The van der Waals surface area contributed by atoms with Gasteiger partial charge in [-0.15, -0.1) is 0 Å². The fraction of sp³-hybridized carbons (Fsp3) is 0.308. The van der Waals surface area contributed by atoms with Gasteiger partial charge in [-0.2, -0.15) is 0 Å². The van der Waals surface area contributed by atoms with E-state index in [0.717, 1.165) is 0 Å². The van der Waals surface area contributed by atoms with Crippen LogP contribution < -0.4 is 10.1 Å². The van der Waals surface area contributed by atoms with Crippen molar-refractivity contribution in [1.82, 2.24) is 10.3 Å². The van der Waals surface area contributed by atoms with Crippen LogP contribution in [0.1, 0.15) is 0 Å². The van der Waals surface area contributed by atoms with E-state index < -0.39 is 11.0 Å². The van der Waals surface area contributed by atoms with E-state index in [9.17, 15) is 15.2 Å². The lowest BCUT2D eigenvalue weighted by Gasteiger charge is -2.13. The van der Waals surface area contributed by atoms with Gasteiger partial charge in [0.2, 0.25) is 0 Å². The molecule has 20 heavy (non-hydrogen) atoms. The van der Waals surface area contributed by atoms with Gasteiger partial charge in [-0.3, -0.25) is 15.1 Å². The van der Waals surface area contributed by atoms with Crippen LogP contribution in [0.2, 0.25) is 0 Å². The molecule has 0 aliphatic heterocycles. The van der Waals surface area contributed by atoms with Crippen LogP contribution in [0.25, 0.3) is 10.9 Å². The van der Waals surface area contributed by atoms with Crippen LogP contribution in [0.3, 0.4) is 0 Å². The summed E-state index contributed by atoms with van der Waals surface area (Å²) in [5.41, 5.74) is 0.398. The van der Waals surface area contributed by atoms with Gasteiger partial charge in [0.1, 0.15) is 24.0 Å². The van der Waals surface area contributed by atoms with Gasteiger partial charge in [0.15, 0.2) is 0 Å². The average molecular weight is 277 g/mol. The number of hydrogen-bond donors (Lipinski definition) is 2. The van der Waals surface area contributed by atoms with Crippen molar-refractivity contribution in [1.29, 1.82) is 0 Å². The number of benzene rings is 1. The zero-order valence-electron chi connectivity index (χ0n) is 10.9. The van der Waals surface area contributed by atoms with Crippen molar-refractivity contribution in [2.24, 2.45) is 0 Å². The zero-order chi connectivity index (χ0) is 14.5. The Labute approximate surface area is 115 Å². The smallest absolute Gasteiger partial charge is 0.279 e. The highest BCUT2D eigenvalue weighted by Gasteiger charge is 2.16. The maximum Gasteiger partial charge on any atom is 0.279 e. The molecule has 0 saturated carbocycles. The van der Waals surface area contributed by atoms with Crippen molar-refractivity contribution >= 4 is 16.6 Å². The summed E-state index contributed by atoms with van der Waals surface area (Å²) >= 11 is 0. The van der Waals surface area contributed by atoms with Crippen LogP contribution >= 0.6 is 0 Å². The maximum absolute atomic E-state index is 11.0. The first-order chi connectivity index (χ1) is 9.63. The number of non-ortho nitro benzene ring substituents is 1. The molecular formula is C13H15N3O4. The molecule has 1 unspecified atom stereocenters. The highest BCUT2D eigenvalue weighted by atomic mass is 16.6. The van der Waals surface area contributed by atoms with Crippen molar-refractivity contribution in [3.05, 3.63) is 40.6 Å². The molecule has 1 aromatic carbocycles. The molecule has 2 rings (SSSR count). The Morgan fingerprint density at radius 1 is 1.50 bits per heavy atom. The van der Waals surface area contributed by atoms with Crippen LogP contribution in [0, 0.1) is 10.1 Å². The molecule has 0 radical (unpaired) electrons. The molecule has 0 amide bonds. The molecular weight excluding hydrogens is 262 g/mol. The van der Waals surface area contributed by atoms with E-state index in [-0.39, 0.29) is 12.3 Å². The molecule has 106 valence electrons. The van der Waals surface area contributed by atoms with Crippen molar-refractivity contribution < 1.29 is 14.8 Å². The van der Waals surface area contributed by atoms with Crippen LogP contribution in [0.15, 0.2) is 30.5 Å². The van der Waals surface area contributed by atoms with E-state index in [2.05, 4.69) is 10.3 Å². The largest absolute Gasteiger partial charge is 0.489 e. The summed E-state index contributed by atoms with van der Waals surface area (Å²) in [6.45, 7) is 0.489. The molecule has 0 spiro atoms. The van der Waals surface area contributed by atoms with Crippen LogP contribution in [0.4, 0.5) is 5.69 Å². The molecule has 7 heteroatoms.